The second-order valence-electron chi connectivity index (χ2n) is 8.20. The quantitative estimate of drug-likeness (QED) is 0.327. The molecule has 0 fully saturated rings. The van der Waals surface area contributed by atoms with Crippen LogP contribution in [0.3, 0.4) is 0 Å². The molecule has 0 aliphatic heterocycles. The van der Waals surface area contributed by atoms with Gasteiger partial charge in [0.2, 0.25) is 5.91 Å². The molecule has 0 atom stereocenters. The Morgan fingerprint density at radius 1 is 0.946 bits per heavy atom. The van der Waals surface area contributed by atoms with Gasteiger partial charge in [0.1, 0.15) is 12.4 Å². The van der Waals surface area contributed by atoms with Crippen LogP contribution in [-0.4, -0.2) is 26.8 Å². The van der Waals surface area contributed by atoms with E-state index in [0.29, 0.717) is 10.6 Å². The highest BCUT2D eigenvalue weighted by molar-refractivity contribution is 6.30. The van der Waals surface area contributed by atoms with E-state index in [4.69, 9.17) is 11.6 Å². The van der Waals surface area contributed by atoms with Crippen LogP contribution in [0.25, 0.3) is 11.4 Å². The first-order chi connectivity index (χ1) is 17.6. The van der Waals surface area contributed by atoms with Gasteiger partial charge in [-0.2, -0.15) is 13.2 Å². The van der Waals surface area contributed by atoms with Crippen molar-refractivity contribution < 1.29 is 22.4 Å². The van der Waals surface area contributed by atoms with Crippen LogP contribution >= 0.6 is 11.6 Å². The van der Waals surface area contributed by atoms with Crippen molar-refractivity contribution in [1.82, 2.24) is 19.7 Å². The molecule has 0 aliphatic carbocycles. The summed E-state index contributed by atoms with van der Waals surface area (Å²) in [6.45, 7) is -0.662. The summed E-state index contributed by atoms with van der Waals surface area (Å²) in [4.78, 5) is 25.7. The Morgan fingerprint density at radius 3 is 2.27 bits per heavy atom. The van der Waals surface area contributed by atoms with Crippen molar-refractivity contribution in [2.24, 2.45) is 0 Å². The molecule has 11 heteroatoms. The molecular formula is C26H21ClF4N4O2. The molecule has 0 spiro atoms. The van der Waals surface area contributed by atoms with Crippen LogP contribution in [0.1, 0.15) is 16.7 Å². The van der Waals surface area contributed by atoms with E-state index < -0.39 is 35.7 Å². The van der Waals surface area contributed by atoms with Crippen LogP contribution in [0, 0.1) is 5.82 Å². The number of hydrogen-bond acceptors (Lipinski definition) is 3. The third-order valence-electron chi connectivity index (χ3n) is 5.64. The number of benzene rings is 3. The van der Waals surface area contributed by atoms with Gasteiger partial charge in [-0.3, -0.25) is 9.36 Å². The van der Waals surface area contributed by atoms with Crippen molar-refractivity contribution in [2.75, 3.05) is 6.54 Å². The first-order valence-electron chi connectivity index (χ1n) is 11.2. The van der Waals surface area contributed by atoms with Gasteiger partial charge in [-0.1, -0.05) is 48.0 Å². The molecule has 37 heavy (non-hydrogen) atoms. The molecule has 1 aromatic heterocycles. The standard InChI is InChI=1S/C26H21ClF4N4O2/c27-20-11-9-18(10-12-20)24-33-35(25(37)34(24)15-19-6-2-4-8-22(19)28)16-23(36)32-14-13-17-5-1-3-7-21(17)26(29,30)31/h1-12H,13-16H2,(H,32,36). The summed E-state index contributed by atoms with van der Waals surface area (Å²) in [5.74, 6) is -0.900. The summed E-state index contributed by atoms with van der Waals surface area (Å²) in [6.07, 6.45) is -4.55. The van der Waals surface area contributed by atoms with Crippen LogP contribution in [0.2, 0.25) is 5.02 Å². The number of carbonyl (C=O) groups is 1. The SMILES string of the molecule is O=C(Cn1nc(-c2ccc(Cl)cc2)n(Cc2ccccc2F)c1=O)NCCc1ccccc1C(F)(F)F. The second kappa shape index (κ2) is 11.0. The molecule has 4 rings (SSSR count). The maximum atomic E-state index is 14.3. The molecule has 0 unspecified atom stereocenters. The molecule has 192 valence electrons. The van der Waals surface area contributed by atoms with E-state index in [0.717, 1.165) is 10.7 Å². The van der Waals surface area contributed by atoms with Gasteiger partial charge in [-0.05, 0) is 48.4 Å². The Labute approximate surface area is 214 Å². The zero-order chi connectivity index (χ0) is 26.6. The third-order valence-corrected chi connectivity index (χ3v) is 5.90. The van der Waals surface area contributed by atoms with Crippen molar-refractivity contribution >= 4 is 17.5 Å². The number of amides is 1. The molecule has 4 aromatic rings. The van der Waals surface area contributed by atoms with Gasteiger partial charge in [0, 0.05) is 22.7 Å². The lowest BCUT2D eigenvalue weighted by atomic mass is 10.0. The van der Waals surface area contributed by atoms with Crippen LogP contribution in [0.15, 0.2) is 77.6 Å². The average molecular weight is 533 g/mol. The molecule has 0 radical (unpaired) electrons. The largest absolute Gasteiger partial charge is 0.416 e. The number of halogens is 5. The minimum Gasteiger partial charge on any atom is -0.354 e. The van der Waals surface area contributed by atoms with Crippen molar-refractivity contribution in [3.05, 3.63) is 111 Å². The monoisotopic (exact) mass is 532 g/mol. The molecule has 1 N–H and O–H groups in total. The number of rotatable bonds is 8. The highest BCUT2D eigenvalue weighted by Gasteiger charge is 2.32. The molecule has 0 saturated heterocycles. The zero-order valence-corrected chi connectivity index (χ0v) is 20.1. The van der Waals surface area contributed by atoms with Crippen molar-refractivity contribution in [3.63, 3.8) is 0 Å². The van der Waals surface area contributed by atoms with E-state index in [2.05, 4.69) is 10.4 Å². The molecule has 0 bridgehead atoms. The minimum atomic E-state index is -4.50. The predicted molar refractivity (Wildman–Crippen MR) is 131 cm³/mol. The predicted octanol–water partition coefficient (Wildman–Crippen LogP) is 4.93. The number of alkyl halides is 3. The van der Waals surface area contributed by atoms with Crippen molar-refractivity contribution in [2.45, 2.75) is 25.7 Å². The van der Waals surface area contributed by atoms with E-state index >= 15 is 0 Å². The van der Waals surface area contributed by atoms with Crippen LogP contribution in [-0.2, 0) is 30.5 Å². The first kappa shape index (κ1) is 26.2. The lowest BCUT2D eigenvalue weighted by Gasteiger charge is -2.12. The summed E-state index contributed by atoms with van der Waals surface area (Å²) in [5.41, 5.74) is -0.578. The zero-order valence-electron chi connectivity index (χ0n) is 19.3. The fraction of sp³-hybridized carbons (Fsp3) is 0.192. The lowest BCUT2D eigenvalue weighted by molar-refractivity contribution is -0.138. The summed E-state index contributed by atoms with van der Waals surface area (Å²) in [6, 6.07) is 17.6. The molecule has 0 saturated carbocycles. The second-order valence-corrected chi connectivity index (χ2v) is 8.64. The molecule has 3 aromatic carbocycles. The maximum absolute atomic E-state index is 14.3. The van der Waals surface area contributed by atoms with E-state index in [9.17, 15) is 27.2 Å². The topological polar surface area (TPSA) is 68.9 Å². The summed E-state index contributed by atoms with van der Waals surface area (Å²) in [7, 11) is 0. The summed E-state index contributed by atoms with van der Waals surface area (Å²) >= 11 is 5.96. The van der Waals surface area contributed by atoms with E-state index in [1.807, 2.05) is 0 Å². The van der Waals surface area contributed by atoms with E-state index in [-0.39, 0.29) is 36.5 Å². The van der Waals surface area contributed by atoms with Gasteiger partial charge in [-0.15, -0.1) is 5.10 Å². The number of nitrogens with one attached hydrogen (secondary N) is 1. The fourth-order valence-electron chi connectivity index (χ4n) is 3.84. The molecular weight excluding hydrogens is 512 g/mol. The Morgan fingerprint density at radius 2 is 1.59 bits per heavy atom. The number of carbonyl (C=O) groups excluding carboxylic acids is 1. The molecule has 1 amide bonds. The summed E-state index contributed by atoms with van der Waals surface area (Å²) < 4.78 is 56.0. The molecule has 0 aliphatic rings. The van der Waals surface area contributed by atoms with Crippen LogP contribution < -0.4 is 11.0 Å². The Bertz CT molecular complexity index is 1460. The third kappa shape index (κ3) is 6.26. The lowest BCUT2D eigenvalue weighted by Crippen LogP contribution is -2.35. The first-order valence-corrected chi connectivity index (χ1v) is 11.6. The van der Waals surface area contributed by atoms with Gasteiger partial charge in [0.25, 0.3) is 0 Å². The maximum Gasteiger partial charge on any atom is 0.416 e. The highest BCUT2D eigenvalue weighted by atomic mass is 35.5. The minimum absolute atomic E-state index is 0.0475. The van der Waals surface area contributed by atoms with Crippen molar-refractivity contribution in [3.8, 4) is 11.4 Å². The average Bonchev–Trinajstić information content (AvgIpc) is 3.15. The van der Waals surface area contributed by atoms with E-state index in [1.165, 1.54) is 41.0 Å². The van der Waals surface area contributed by atoms with Gasteiger partial charge >= 0.3 is 11.9 Å². The Hall–Kier alpha value is -3.92. The van der Waals surface area contributed by atoms with Crippen LogP contribution in [0.4, 0.5) is 17.6 Å². The normalized spacial score (nSPS) is 11.5. The van der Waals surface area contributed by atoms with Gasteiger partial charge in [0.15, 0.2) is 5.82 Å². The fourth-order valence-corrected chi connectivity index (χ4v) is 3.97. The highest BCUT2D eigenvalue weighted by Crippen LogP contribution is 2.31. The van der Waals surface area contributed by atoms with Gasteiger partial charge < -0.3 is 5.32 Å². The van der Waals surface area contributed by atoms with E-state index in [1.54, 1.807) is 30.3 Å². The van der Waals surface area contributed by atoms with Crippen molar-refractivity contribution in [1.29, 1.82) is 0 Å². The van der Waals surface area contributed by atoms with Gasteiger partial charge in [-0.25, -0.2) is 13.9 Å². The Kier molecular flexibility index (Phi) is 7.77. The summed E-state index contributed by atoms with van der Waals surface area (Å²) in [5, 5.41) is 7.28. The number of nitrogens with zero attached hydrogens (tertiary/aromatic N) is 3. The molecule has 1 heterocycles. The molecule has 6 nitrogen and oxygen atoms in total. The van der Waals surface area contributed by atoms with Crippen LogP contribution in [0.5, 0.6) is 0 Å². The smallest absolute Gasteiger partial charge is 0.354 e. The number of hydrogen-bond donors (Lipinski definition) is 1. The van der Waals surface area contributed by atoms with Gasteiger partial charge in [0.05, 0.1) is 12.1 Å². The number of aromatic nitrogens is 3. The Balaban J connectivity index is 1.53.